The molecule has 0 aliphatic rings. The third kappa shape index (κ3) is 5.72. The van der Waals surface area contributed by atoms with Gasteiger partial charge >= 0.3 is 0 Å². The molecule has 0 heterocycles. The summed E-state index contributed by atoms with van der Waals surface area (Å²) in [6, 6.07) is 0. The molecule has 0 unspecified atom stereocenters. The van der Waals surface area contributed by atoms with Crippen LogP contribution in [0.4, 0.5) is 0 Å². The Morgan fingerprint density at radius 3 is 1.73 bits per heavy atom. The number of thioether (sulfide) groups is 1. The van der Waals surface area contributed by atoms with Crippen LogP contribution in [0.5, 0.6) is 0 Å². The first kappa shape index (κ1) is 10.3. The zero-order valence-electron chi connectivity index (χ0n) is 6.80. The molecule has 0 bridgehead atoms. The molecular formula is C6H12N2O2S. The maximum Gasteiger partial charge on any atom is 0.219 e. The number of nitrogens with one attached hydrogen (secondary N) is 2. The van der Waals surface area contributed by atoms with Gasteiger partial charge in [0, 0.05) is 13.8 Å². The van der Waals surface area contributed by atoms with E-state index in [-0.39, 0.29) is 17.3 Å². The van der Waals surface area contributed by atoms with E-state index in [0.29, 0.717) is 0 Å². The molecule has 0 atom stereocenters. The van der Waals surface area contributed by atoms with Gasteiger partial charge in [-0.15, -0.1) is 11.8 Å². The van der Waals surface area contributed by atoms with Crippen molar-refractivity contribution in [3.63, 3.8) is 0 Å². The summed E-state index contributed by atoms with van der Waals surface area (Å²) in [6.45, 7) is 2.82. The predicted octanol–water partition coefficient (Wildman–Crippen LogP) is -0.0948. The van der Waals surface area contributed by atoms with Crippen LogP contribution in [0, 0.1) is 0 Å². The molecule has 0 radical (unpaired) electrons. The molecule has 0 aliphatic heterocycles. The summed E-state index contributed by atoms with van der Waals surface area (Å²) in [4.78, 5) is 21.0. The average Bonchev–Trinajstić information content (AvgIpc) is 1.84. The van der Waals surface area contributed by atoms with Crippen LogP contribution < -0.4 is 10.6 Å². The van der Waals surface area contributed by atoms with Crippen molar-refractivity contribution in [2.24, 2.45) is 0 Å². The Morgan fingerprint density at radius 1 is 1.18 bits per heavy atom. The van der Waals surface area contributed by atoms with Gasteiger partial charge in [0.25, 0.3) is 0 Å². The van der Waals surface area contributed by atoms with Gasteiger partial charge < -0.3 is 10.6 Å². The van der Waals surface area contributed by atoms with Gasteiger partial charge in [0.05, 0.1) is 0 Å². The molecule has 0 fully saturated rings. The van der Waals surface area contributed by atoms with Crippen molar-refractivity contribution in [2.45, 2.75) is 19.3 Å². The molecule has 0 aromatic rings. The van der Waals surface area contributed by atoms with E-state index in [1.165, 1.54) is 25.6 Å². The Balaban J connectivity index is 3.76. The summed E-state index contributed by atoms with van der Waals surface area (Å²) in [6.07, 6.45) is 1.80. The van der Waals surface area contributed by atoms with Crippen LogP contribution in [0.1, 0.15) is 13.8 Å². The number of rotatable bonds is 3. The van der Waals surface area contributed by atoms with Gasteiger partial charge in [0.15, 0.2) is 0 Å². The molecule has 0 rings (SSSR count). The molecule has 0 aromatic heterocycles. The van der Waals surface area contributed by atoms with E-state index in [0.717, 1.165) is 0 Å². The van der Waals surface area contributed by atoms with Gasteiger partial charge in [0.1, 0.15) is 5.50 Å². The van der Waals surface area contributed by atoms with Crippen LogP contribution in [-0.4, -0.2) is 23.6 Å². The quantitative estimate of drug-likeness (QED) is 0.591. The molecule has 0 spiro atoms. The monoisotopic (exact) mass is 176 g/mol. The molecule has 2 N–H and O–H groups in total. The van der Waals surface area contributed by atoms with Gasteiger partial charge in [-0.3, -0.25) is 9.59 Å². The number of carbonyl (C=O) groups is 2. The maximum absolute atomic E-state index is 10.5. The lowest BCUT2D eigenvalue weighted by molar-refractivity contribution is -0.121. The number of amides is 2. The van der Waals surface area contributed by atoms with Gasteiger partial charge in [0.2, 0.25) is 11.8 Å². The second-order valence-corrected chi connectivity index (χ2v) is 2.96. The molecule has 64 valence electrons. The lowest BCUT2D eigenvalue weighted by Gasteiger charge is -2.15. The van der Waals surface area contributed by atoms with Crippen LogP contribution in [0.15, 0.2) is 0 Å². The minimum atomic E-state index is -0.315. The normalized spacial score (nSPS) is 9.45. The van der Waals surface area contributed by atoms with E-state index >= 15 is 0 Å². The van der Waals surface area contributed by atoms with Crippen LogP contribution in [0.25, 0.3) is 0 Å². The fraction of sp³-hybridized carbons (Fsp3) is 0.667. The van der Waals surface area contributed by atoms with Crippen molar-refractivity contribution < 1.29 is 9.59 Å². The minimum Gasteiger partial charge on any atom is -0.328 e. The predicted molar refractivity (Wildman–Crippen MR) is 44.9 cm³/mol. The first-order chi connectivity index (χ1) is 5.06. The highest BCUT2D eigenvalue weighted by molar-refractivity contribution is 7.99. The lowest BCUT2D eigenvalue weighted by atomic mass is 10.6. The van der Waals surface area contributed by atoms with Crippen LogP contribution in [0.3, 0.4) is 0 Å². The van der Waals surface area contributed by atoms with E-state index < -0.39 is 0 Å². The number of hydrogen-bond donors (Lipinski definition) is 2. The van der Waals surface area contributed by atoms with Crippen molar-refractivity contribution >= 4 is 23.6 Å². The summed E-state index contributed by atoms with van der Waals surface area (Å²) in [5.74, 6) is -0.309. The minimum absolute atomic E-state index is 0.155. The van der Waals surface area contributed by atoms with Gasteiger partial charge in [-0.05, 0) is 6.26 Å². The molecule has 0 aliphatic carbocycles. The molecule has 0 aromatic carbocycles. The van der Waals surface area contributed by atoms with E-state index in [2.05, 4.69) is 10.6 Å². The molecule has 0 saturated heterocycles. The molecule has 11 heavy (non-hydrogen) atoms. The second-order valence-electron chi connectivity index (χ2n) is 2.02. The zero-order chi connectivity index (χ0) is 8.85. The van der Waals surface area contributed by atoms with Crippen molar-refractivity contribution in [3.05, 3.63) is 0 Å². The molecular weight excluding hydrogens is 164 g/mol. The summed E-state index contributed by atoms with van der Waals surface area (Å²) in [5, 5.41) is 5.11. The van der Waals surface area contributed by atoms with Crippen LogP contribution in [-0.2, 0) is 9.59 Å². The molecule has 0 saturated carbocycles. The van der Waals surface area contributed by atoms with Crippen molar-refractivity contribution in [1.82, 2.24) is 10.6 Å². The third-order valence-electron chi connectivity index (χ3n) is 0.904. The van der Waals surface area contributed by atoms with E-state index in [1.807, 2.05) is 0 Å². The van der Waals surface area contributed by atoms with Crippen molar-refractivity contribution in [2.75, 3.05) is 6.26 Å². The summed E-state index contributed by atoms with van der Waals surface area (Å²) >= 11 is 1.36. The summed E-state index contributed by atoms with van der Waals surface area (Å²) in [7, 11) is 0. The lowest BCUT2D eigenvalue weighted by Crippen LogP contribution is -2.43. The first-order valence-corrected chi connectivity index (χ1v) is 4.42. The smallest absolute Gasteiger partial charge is 0.219 e. The number of carbonyl (C=O) groups excluding carboxylic acids is 2. The average molecular weight is 176 g/mol. The van der Waals surface area contributed by atoms with Crippen LogP contribution in [0.2, 0.25) is 0 Å². The first-order valence-electron chi connectivity index (χ1n) is 3.13. The Hall–Kier alpha value is -0.710. The molecule has 2 amide bonds. The highest BCUT2D eigenvalue weighted by Crippen LogP contribution is 1.97. The second kappa shape index (κ2) is 5.01. The molecule has 5 heteroatoms. The standard InChI is InChI=1S/C6H12N2O2S/c1-4(9)7-6(11-3)8-5(2)10/h6H,1-3H3,(H,7,9)(H,8,10). The molecule has 4 nitrogen and oxygen atoms in total. The topological polar surface area (TPSA) is 58.2 Å². The van der Waals surface area contributed by atoms with E-state index in [1.54, 1.807) is 6.26 Å². The maximum atomic E-state index is 10.5. The fourth-order valence-corrected chi connectivity index (χ4v) is 1.09. The Bertz CT molecular complexity index is 145. The van der Waals surface area contributed by atoms with Gasteiger partial charge in [-0.25, -0.2) is 0 Å². The zero-order valence-corrected chi connectivity index (χ0v) is 7.62. The number of hydrogen-bond acceptors (Lipinski definition) is 3. The Morgan fingerprint density at radius 2 is 1.55 bits per heavy atom. The fourth-order valence-electron chi connectivity index (χ4n) is 0.523. The van der Waals surface area contributed by atoms with Crippen LogP contribution >= 0.6 is 11.8 Å². The van der Waals surface area contributed by atoms with Crippen molar-refractivity contribution in [3.8, 4) is 0 Å². The largest absolute Gasteiger partial charge is 0.328 e. The SMILES string of the molecule is CSC(NC(C)=O)NC(C)=O. The highest BCUT2D eigenvalue weighted by Gasteiger charge is 2.07. The van der Waals surface area contributed by atoms with E-state index in [4.69, 9.17) is 0 Å². The Labute approximate surface area is 70.1 Å². The van der Waals surface area contributed by atoms with Gasteiger partial charge in [-0.2, -0.15) is 0 Å². The summed E-state index contributed by atoms with van der Waals surface area (Å²) < 4.78 is 0. The van der Waals surface area contributed by atoms with Gasteiger partial charge in [-0.1, -0.05) is 0 Å². The Kier molecular flexibility index (Phi) is 4.69. The van der Waals surface area contributed by atoms with E-state index in [9.17, 15) is 9.59 Å². The van der Waals surface area contributed by atoms with Crippen molar-refractivity contribution in [1.29, 1.82) is 0 Å². The summed E-state index contributed by atoms with van der Waals surface area (Å²) in [5.41, 5.74) is -0.315. The highest BCUT2D eigenvalue weighted by atomic mass is 32.2. The third-order valence-corrected chi connectivity index (χ3v) is 1.61.